The largest absolute Gasteiger partial charge is 0.482 e. The van der Waals surface area contributed by atoms with Gasteiger partial charge in [-0.05, 0) is 42.2 Å². The highest BCUT2D eigenvalue weighted by molar-refractivity contribution is 5.92. The molecule has 0 spiro atoms. The quantitative estimate of drug-likeness (QED) is 0.795. The van der Waals surface area contributed by atoms with Crippen molar-refractivity contribution in [2.75, 3.05) is 17.2 Å². The van der Waals surface area contributed by atoms with Crippen molar-refractivity contribution < 1.29 is 14.3 Å². The van der Waals surface area contributed by atoms with Crippen LogP contribution in [0, 0.1) is 0 Å². The summed E-state index contributed by atoms with van der Waals surface area (Å²) in [6.45, 7) is 5.61. The lowest BCUT2D eigenvalue weighted by molar-refractivity contribution is -0.118. The Labute approximate surface area is 148 Å². The fraction of sp³-hybridized carbons (Fsp3) is 0.300. The number of amides is 2. The second-order valence-corrected chi connectivity index (χ2v) is 5.95. The molecule has 0 radical (unpaired) electrons. The summed E-state index contributed by atoms with van der Waals surface area (Å²) in [4.78, 5) is 23.3. The van der Waals surface area contributed by atoms with Gasteiger partial charge in [0.25, 0.3) is 5.91 Å². The number of carbonyl (C=O) groups is 2. The van der Waals surface area contributed by atoms with Gasteiger partial charge in [-0.25, -0.2) is 0 Å². The van der Waals surface area contributed by atoms with Crippen LogP contribution in [0.2, 0.25) is 0 Å². The smallest absolute Gasteiger partial charge is 0.262 e. The molecule has 5 nitrogen and oxygen atoms in total. The normalized spacial score (nSPS) is 11.5. The van der Waals surface area contributed by atoms with E-state index in [1.165, 1.54) is 12.5 Å². The number of anilines is 2. The molecular weight excluding hydrogens is 316 g/mol. The van der Waals surface area contributed by atoms with Crippen LogP contribution in [0.15, 0.2) is 48.5 Å². The van der Waals surface area contributed by atoms with Gasteiger partial charge < -0.3 is 15.4 Å². The van der Waals surface area contributed by atoms with Crippen LogP contribution in [0.1, 0.15) is 38.7 Å². The third-order valence-electron chi connectivity index (χ3n) is 3.93. The Bertz CT molecular complexity index is 726. The predicted octanol–water partition coefficient (Wildman–Crippen LogP) is 4.18. The van der Waals surface area contributed by atoms with Gasteiger partial charge in [0.15, 0.2) is 6.61 Å². The molecule has 25 heavy (non-hydrogen) atoms. The SMILES string of the molecule is CC[C@@H](C)c1ccc(NC(=O)COc2ccccc2NC(C)=O)cc1. The average Bonchev–Trinajstić information content (AvgIpc) is 2.60. The first-order valence-electron chi connectivity index (χ1n) is 8.38. The Morgan fingerprint density at radius 2 is 1.72 bits per heavy atom. The van der Waals surface area contributed by atoms with Gasteiger partial charge in [0.05, 0.1) is 5.69 Å². The van der Waals surface area contributed by atoms with Crippen molar-refractivity contribution in [3.63, 3.8) is 0 Å². The highest BCUT2D eigenvalue weighted by atomic mass is 16.5. The van der Waals surface area contributed by atoms with Crippen molar-refractivity contribution in [2.45, 2.75) is 33.1 Å². The van der Waals surface area contributed by atoms with E-state index in [1.54, 1.807) is 24.3 Å². The van der Waals surface area contributed by atoms with Gasteiger partial charge in [-0.1, -0.05) is 38.1 Å². The number of rotatable bonds is 7. The molecular formula is C20H24N2O3. The maximum atomic E-state index is 12.1. The third kappa shape index (κ3) is 5.64. The summed E-state index contributed by atoms with van der Waals surface area (Å²) in [5.41, 5.74) is 2.53. The van der Waals surface area contributed by atoms with Crippen LogP contribution in [0.5, 0.6) is 5.75 Å². The molecule has 0 saturated heterocycles. The van der Waals surface area contributed by atoms with Gasteiger partial charge in [0.2, 0.25) is 5.91 Å². The minimum atomic E-state index is -0.256. The number of nitrogens with one attached hydrogen (secondary N) is 2. The van der Waals surface area contributed by atoms with Crippen LogP contribution in [0.3, 0.4) is 0 Å². The van der Waals surface area contributed by atoms with E-state index in [2.05, 4.69) is 24.5 Å². The summed E-state index contributed by atoms with van der Waals surface area (Å²) in [5, 5.41) is 5.48. The summed E-state index contributed by atoms with van der Waals surface area (Å²) in [5.74, 6) is 0.508. The molecule has 0 fully saturated rings. The van der Waals surface area contributed by atoms with E-state index in [0.717, 1.165) is 12.1 Å². The van der Waals surface area contributed by atoms with Gasteiger partial charge in [-0.15, -0.1) is 0 Å². The van der Waals surface area contributed by atoms with Crippen LogP contribution >= 0.6 is 0 Å². The van der Waals surface area contributed by atoms with Crippen molar-refractivity contribution in [3.8, 4) is 5.75 Å². The Morgan fingerprint density at radius 1 is 1.04 bits per heavy atom. The van der Waals surface area contributed by atoms with E-state index in [-0.39, 0.29) is 18.4 Å². The summed E-state index contributed by atoms with van der Waals surface area (Å²) >= 11 is 0. The highest BCUT2D eigenvalue weighted by Gasteiger charge is 2.09. The molecule has 0 aromatic heterocycles. The second-order valence-electron chi connectivity index (χ2n) is 5.95. The first-order valence-corrected chi connectivity index (χ1v) is 8.38. The number of ether oxygens (including phenoxy) is 1. The van der Waals surface area contributed by atoms with E-state index >= 15 is 0 Å². The lowest BCUT2D eigenvalue weighted by Gasteiger charge is -2.12. The summed E-state index contributed by atoms with van der Waals surface area (Å²) in [7, 11) is 0. The first kappa shape index (κ1) is 18.5. The van der Waals surface area contributed by atoms with E-state index in [4.69, 9.17) is 4.74 Å². The number of para-hydroxylation sites is 2. The third-order valence-corrected chi connectivity index (χ3v) is 3.93. The molecule has 0 heterocycles. The lowest BCUT2D eigenvalue weighted by atomic mass is 9.99. The molecule has 1 atom stereocenters. The second kappa shape index (κ2) is 8.87. The molecule has 2 aromatic rings. The van der Waals surface area contributed by atoms with E-state index in [0.29, 0.717) is 17.4 Å². The lowest BCUT2D eigenvalue weighted by Crippen LogP contribution is -2.20. The fourth-order valence-electron chi connectivity index (χ4n) is 2.36. The van der Waals surface area contributed by atoms with Crippen molar-refractivity contribution >= 4 is 23.2 Å². The standard InChI is InChI=1S/C20H24N2O3/c1-4-14(2)16-9-11-17(12-10-16)22-20(24)13-25-19-8-6-5-7-18(19)21-15(3)23/h5-12,14H,4,13H2,1-3H3,(H,21,23)(H,22,24)/t14-/m1/s1. The zero-order valence-electron chi connectivity index (χ0n) is 14.8. The first-order chi connectivity index (χ1) is 12.0. The van der Waals surface area contributed by atoms with Crippen molar-refractivity contribution in [1.82, 2.24) is 0 Å². The Hall–Kier alpha value is -2.82. The molecule has 2 N–H and O–H groups in total. The van der Waals surface area contributed by atoms with Crippen LogP contribution in [-0.2, 0) is 9.59 Å². The maximum Gasteiger partial charge on any atom is 0.262 e. The molecule has 132 valence electrons. The topological polar surface area (TPSA) is 67.4 Å². The van der Waals surface area contributed by atoms with Gasteiger partial charge in [0, 0.05) is 12.6 Å². The Morgan fingerprint density at radius 3 is 2.36 bits per heavy atom. The molecule has 0 unspecified atom stereocenters. The molecule has 0 aliphatic rings. The average molecular weight is 340 g/mol. The minimum Gasteiger partial charge on any atom is -0.482 e. The molecule has 0 saturated carbocycles. The van der Waals surface area contributed by atoms with Gasteiger partial charge in [0.1, 0.15) is 5.75 Å². The van der Waals surface area contributed by atoms with Crippen molar-refractivity contribution in [1.29, 1.82) is 0 Å². The molecule has 2 amide bonds. The minimum absolute atomic E-state index is 0.135. The molecule has 0 aliphatic heterocycles. The van der Waals surface area contributed by atoms with Gasteiger partial charge in [-0.3, -0.25) is 9.59 Å². The fourth-order valence-corrected chi connectivity index (χ4v) is 2.36. The van der Waals surface area contributed by atoms with E-state index < -0.39 is 0 Å². The van der Waals surface area contributed by atoms with E-state index in [1.807, 2.05) is 24.3 Å². The monoisotopic (exact) mass is 340 g/mol. The Balaban J connectivity index is 1.92. The van der Waals surface area contributed by atoms with Gasteiger partial charge in [-0.2, -0.15) is 0 Å². The van der Waals surface area contributed by atoms with Gasteiger partial charge >= 0.3 is 0 Å². The van der Waals surface area contributed by atoms with Crippen molar-refractivity contribution in [2.24, 2.45) is 0 Å². The number of carbonyl (C=O) groups excluding carboxylic acids is 2. The number of benzene rings is 2. The van der Waals surface area contributed by atoms with Crippen LogP contribution in [-0.4, -0.2) is 18.4 Å². The molecule has 2 rings (SSSR count). The van der Waals surface area contributed by atoms with Crippen LogP contribution < -0.4 is 15.4 Å². The number of hydrogen-bond acceptors (Lipinski definition) is 3. The van der Waals surface area contributed by atoms with Crippen molar-refractivity contribution in [3.05, 3.63) is 54.1 Å². The summed E-state index contributed by atoms with van der Waals surface area (Å²) < 4.78 is 5.52. The Kier molecular flexibility index (Phi) is 6.57. The van der Waals surface area contributed by atoms with Crippen LogP contribution in [0.25, 0.3) is 0 Å². The molecule has 0 bridgehead atoms. The van der Waals surface area contributed by atoms with E-state index in [9.17, 15) is 9.59 Å². The zero-order valence-corrected chi connectivity index (χ0v) is 14.8. The van der Waals surface area contributed by atoms with Crippen LogP contribution in [0.4, 0.5) is 11.4 Å². The number of hydrogen-bond donors (Lipinski definition) is 2. The summed E-state index contributed by atoms with van der Waals surface area (Å²) in [6, 6.07) is 14.8. The summed E-state index contributed by atoms with van der Waals surface area (Å²) in [6.07, 6.45) is 1.08. The predicted molar refractivity (Wildman–Crippen MR) is 100 cm³/mol. The molecule has 0 aliphatic carbocycles. The molecule has 5 heteroatoms. The zero-order chi connectivity index (χ0) is 18.2. The highest BCUT2D eigenvalue weighted by Crippen LogP contribution is 2.24. The maximum absolute atomic E-state index is 12.1. The molecule has 2 aromatic carbocycles.